The lowest BCUT2D eigenvalue weighted by Crippen LogP contribution is -2.59. The van der Waals surface area contributed by atoms with Gasteiger partial charge in [0.15, 0.2) is 0 Å². The first kappa shape index (κ1) is 17.5. The molecular formula is H4O16P4Si3. The Morgan fingerprint density at radius 3 is 1.09 bits per heavy atom. The molecule has 4 heterocycles. The van der Waals surface area contributed by atoms with Gasteiger partial charge in [0.05, 0.1) is 0 Å². The highest BCUT2D eigenvalue weighted by atomic mass is 31.9. The molecule has 23 heavy (non-hydrogen) atoms. The topological polar surface area (TPSA) is 179 Å². The van der Waals surface area contributed by atoms with E-state index in [4.69, 9.17) is 0 Å². The van der Waals surface area contributed by atoms with Crippen molar-refractivity contribution in [3.63, 3.8) is 0 Å². The first-order chi connectivity index (χ1) is 10.7. The zero-order valence-corrected chi connectivity index (χ0v) is 18.1. The van der Waals surface area contributed by atoms with E-state index in [1.54, 1.807) is 0 Å². The summed E-state index contributed by atoms with van der Waals surface area (Å²) >= 11 is 0. The molecule has 0 aromatic rings. The Balaban J connectivity index is 1.89. The van der Waals surface area contributed by atoms with Gasteiger partial charge in [0, 0.05) is 9.76 Å². The number of rotatable bonds is 5. The molecule has 0 aliphatic carbocycles. The molecule has 23 heteroatoms. The first-order valence-electron chi connectivity index (χ1n) is 5.28. The van der Waals surface area contributed by atoms with Gasteiger partial charge in [-0.15, -0.1) is 37.4 Å². The van der Waals surface area contributed by atoms with Gasteiger partial charge in [-0.25, -0.2) is 0 Å². The zero-order chi connectivity index (χ0) is 16.6. The highest BCUT2D eigenvalue weighted by molar-refractivity contribution is 8.54. The normalized spacial score (nSPS) is 33.1. The summed E-state index contributed by atoms with van der Waals surface area (Å²) in [7, 11) is -21.5. The Bertz CT molecular complexity index is 637. The molecule has 4 rings (SSSR count). The third-order valence-electron chi connectivity index (χ3n) is 3.25. The fourth-order valence-electron chi connectivity index (χ4n) is 2.02. The molecule has 0 amide bonds. The minimum atomic E-state index is -4.34. The maximum absolute atomic E-state index is 12.8. The van der Waals surface area contributed by atoms with Crippen LogP contribution in [0.1, 0.15) is 0 Å². The second kappa shape index (κ2) is 5.30. The van der Waals surface area contributed by atoms with Gasteiger partial charge in [0.25, 0.3) is 0 Å². The molecular weight excluding hydrogens is 464 g/mol. The van der Waals surface area contributed by atoms with E-state index < -0.39 is 42.7 Å². The summed E-state index contributed by atoms with van der Waals surface area (Å²) in [5.74, 6) is 0. The lowest BCUT2D eigenvalue weighted by Gasteiger charge is -2.46. The Kier molecular flexibility index (Phi) is 4.04. The summed E-state index contributed by atoms with van der Waals surface area (Å²) < 4.78 is 86.2. The molecule has 16 nitrogen and oxygen atoms in total. The minimum absolute atomic E-state index is 0.332. The summed E-state index contributed by atoms with van der Waals surface area (Å²) in [6.07, 6.45) is -4.31. The highest BCUT2D eigenvalue weighted by Gasteiger charge is 2.89. The Labute approximate surface area is 129 Å². The van der Waals surface area contributed by atoms with Crippen LogP contribution in [0.2, 0.25) is 0 Å². The van der Waals surface area contributed by atoms with E-state index in [1.165, 1.54) is 0 Å². The van der Waals surface area contributed by atoms with Gasteiger partial charge in [0.1, 0.15) is 0 Å². The third-order valence-corrected chi connectivity index (χ3v) is 90.8. The predicted molar refractivity (Wildman–Crippen MR) is 66.3 cm³/mol. The van der Waals surface area contributed by atoms with E-state index in [1.807, 2.05) is 0 Å². The van der Waals surface area contributed by atoms with Crippen molar-refractivity contribution in [3.8, 4) is 0 Å². The van der Waals surface area contributed by atoms with Crippen LogP contribution in [0.5, 0.6) is 0 Å². The van der Waals surface area contributed by atoms with Gasteiger partial charge >= 0.3 is 42.7 Å². The highest BCUT2D eigenvalue weighted by Crippen LogP contribution is 2.89. The predicted octanol–water partition coefficient (Wildman–Crippen LogP) is -0.0644. The molecule has 0 spiro atoms. The summed E-state index contributed by atoms with van der Waals surface area (Å²) in [6.45, 7) is 0. The van der Waals surface area contributed by atoms with Crippen molar-refractivity contribution < 1.29 is 75.8 Å². The van der Waals surface area contributed by atoms with Crippen molar-refractivity contribution in [2.24, 2.45) is 0 Å². The van der Waals surface area contributed by atoms with Crippen LogP contribution >= 0.6 is 28.6 Å². The lowest BCUT2D eigenvalue weighted by atomic mass is 14.5. The zero-order valence-electron chi connectivity index (χ0n) is 10.4. The molecule has 4 aliphatic heterocycles. The van der Waals surface area contributed by atoms with E-state index in [0.29, 0.717) is 0 Å². The smallest absolute Gasteiger partial charge is 0.262 e. The van der Waals surface area contributed by atoms with E-state index in [0.717, 1.165) is 0 Å². The maximum Gasteiger partial charge on any atom is 0.367 e. The molecule has 4 fully saturated rings. The van der Waals surface area contributed by atoms with Crippen LogP contribution in [0, 0.1) is 0 Å². The molecule has 0 bridgehead atoms. The molecule has 0 atom stereocenters. The van der Waals surface area contributed by atoms with Crippen molar-refractivity contribution in [1.82, 2.24) is 0 Å². The monoisotopic (exact) mass is 468 g/mol. The van der Waals surface area contributed by atoms with Gasteiger partial charge in [-0.1, -0.05) is 20.2 Å². The largest absolute Gasteiger partial charge is 0.367 e. The average molecular weight is 468 g/mol. The molecule has 0 aromatic carbocycles. The third kappa shape index (κ3) is 2.15. The summed E-state index contributed by atoms with van der Waals surface area (Å²) in [4.78, 5) is 0. The first-order valence-corrected chi connectivity index (χ1v) is 23.7. The molecule has 0 unspecified atom stereocenters. The van der Waals surface area contributed by atoms with Crippen LogP contribution < -0.4 is 0 Å². The van der Waals surface area contributed by atoms with Crippen molar-refractivity contribution in [3.05, 3.63) is 0 Å². The van der Waals surface area contributed by atoms with Crippen molar-refractivity contribution in [1.29, 1.82) is 0 Å². The van der Waals surface area contributed by atoms with Crippen molar-refractivity contribution in [2.75, 3.05) is 0 Å². The molecule has 4 saturated heterocycles. The molecule has 0 aromatic heterocycles. The van der Waals surface area contributed by atoms with E-state index in [2.05, 4.69) is 57.5 Å². The summed E-state index contributed by atoms with van der Waals surface area (Å²) in [5, 5.41) is 15.8. The van der Waals surface area contributed by atoms with Crippen LogP contribution in [-0.2, 0) is 75.8 Å². The lowest BCUT2D eigenvalue weighted by molar-refractivity contribution is -0.488. The average Bonchev–Trinajstić information content (AvgIpc) is 2.37. The fraction of sp³-hybridized carbons (Fsp3) is 0. The van der Waals surface area contributed by atoms with Crippen molar-refractivity contribution in [2.45, 2.75) is 0 Å². The quantitative estimate of drug-likeness (QED) is 0.297. The molecule has 4 aliphatic rings. The van der Waals surface area contributed by atoms with Crippen LogP contribution in [0.15, 0.2) is 0 Å². The Morgan fingerprint density at radius 2 is 0.913 bits per heavy atom. The van der Waals surface area contributed by atoms with Crippen LogP contribution in [0.25, 0.3) is 0 Å². The van der Waals surface area contributed by atoms with Gasteiger partial charge in [0.2, 0.25) is 0 Å². The molecule has 132 valence electrons. The number of hydrogen-bond donors (Lipinski definition) is 0. The second-order valence-corrected chi connectivity index (χ2v) is 55.0. The maximum atomic E-state index is 12.8. The van der Waals surface area contributed by atoms with Crippen LogP contribution in [0.3, 0.4) is 0 Å². The molecule has 0 radical (unpaired) electrons. The van der Waals surface area contributed by atoms with E-state index >= 15 is 0 Å². The summed E-state index contributed by atoms with van der Waals surface area (Å²) in [6, 6.07) is 0. The van der Waals surface area contributed by atoms with Crippen LogP contribution in [-0.4, -0.2) is 23.9 Å². The Morgan fingerprint density at radius 1 is 0.609 bits per heavy atom. The molecule has 0 saturated carbocycles. The summed E-state index contributed by atoms with van der Waals surface area (Å²) in [5.41, 5.74) is 0. The molecule has 0 N–H and O–H groups in total. The van der Waals surface area contributed by atoms with Gasteiger partial charge in [-0.05, 0) is 0 Å². The number of hydrogen-bond acceptors (Lipinski definition) is 16. The van der Waals surface area contributed by atoms with Gasteiger partial charge in [-0.2, -0.15) is 0 Å². The van der Waals surface area contributed by atoms with E-state index in [9.17, 15) is 18.3 Å². The van der Waals surface area contributed by atoms with Crippen LogP contribution in [0.4, 0.5) is 0 Å². The van der Waals surface area contributed by atoms with Gasteiger partial charge in [-0.3, -0.25) is 18.3 Å². The second-order valence-electron chi connectivity index (χ2n) is 4.41. The van der Waals surface area contributed by atoms with E-state index in [-0.39, 0.29) is 9.76 Å². The van der Waals surface area contributed by atoms with Gasteiger partial charge < -0.3 is 0 Å². The SMILES string of the molecule is O=P1([SiH]([Si]([SiH3])(P2(=O)OOO2)P2(=O)OOO2)P2(=O)OOO2)OOO1. The Hall–Kier alpha value is 1.09. The van der Waals surface area contributed by atoms with Crippen molar-refractivity contribution >= 4 is 52.4 Å². The standard InChI is InChI=1S/H4O16P4Si3/c1-17(9-5-10-17)22(18(2)11-6-12-18)23(21,19(3)13-7-14-19)20(4)15-8-16-20/h22H,21H3. The fourth-order valence-corrected chi connectivity index (χ4v) is 94.6. The minimum Gasteiger partial charge on any atom is -0.262 e.